The molecule has 1 unspecified atom stereocenters. The van der Waals surface area contributed by atoms with E-state index in [0.717, 1.165) is 11.1 Å². The van der Waals surface area contributed by atoms with Crippen LogP contribution in [0.15, 0.2) is 42.5 Å². The van der Waals surface area contributed by atoms with Crippen molar-refractivity contribution in [3.63, 3.8) is 0 Å². The number of anilines is 1. The molecule has 0 saturated carbocycles. The number of nitriles is 1. The molecule has 2 rings (SSSR count). The molecule has 21 heavy (non-hydrogen) atoms. The zero-order valence-corrected chi connectivity index (χ0v) is 11.8. The average Bonchev–Trinajstić information content (AvgIpc) is 2.47. The fourth-order valence-corrected chi connectivity index (χ4v) is 2.13. The summed E-state index contributed by atoms with van der Waals surface area (Å²) < 4.78 is 0. The monoisotopic (exact) mass is 281 g/mol. The van der Waals surface area contributed by atoms with E-state index >= 15 is 0 Å². The first kappa shape index (κ1) is 14.5. The molecule has 0 aliphatic carbocycles. The van der Waals surface area contributed by atoms with Gasteiger partial charge in [0.05, 0.1) is 16.6 Å². The Labute approximate surface area is 123 Å². The van der Waals surface area contributed by atoms with Gasteiger partial charge >= 0.3 is 0 Å². The summed E-state index contributed by atoms with van der Waals surface area (Å²) in [5.74, 6) is 0. The summed E-state index contributed by atoms with van der Waals surface area (Å²) in [5.41, 5.74) is 2.78. The Kier molecular flexibility index (Phi) is 4.19. The van der Waals surface area contributed by atoms with Crippen molar-refractivity contribution < 1.29 is 4.92 Å². The highest BCUT2D eigenvalue weighted by Gasteiger charge is 2.17. The van der Waals surface area contributed by atoms with Gasteiger partial charge in [0.15, 0.2) is 0 Å². The van der Waals surface area contributed by atoms with Crippen molar-refractivity contribution in [1.29, 1.82) is 5.26 Å². The fourth-order valence-electron chi connectivity index (χ4n) is 2.13. The maximum absolute atomic E-state index is 11.1. The predicted molar refractivity (Wildman–Crippen MR) is 81.0 cm³/mol. The lowest BCUT2D eigenvalue weighted by Gasteiger charge is -2.16. The number of aryl methyl sites for hydroxylation is 1. The smallest absolute Gasteiger partial charge is 0.293 e. The van der Waals surface area contributed by atoms with Crippen molar-refractivity contribution in [2.45, 2.75) is 19.9 Å². The molecular weight excluding hydrogens is 266 g/mol. The molecule has 5 heteroatoms. The molecule has 0 aliphatic rings. The molecule has 5 nitrogen and oxygen atoms in total. The summed E-state index contributed by atoms with van der Waals surface area (Å²) in [5, 5.41) is 23.1. The molecule has 2 aromatic carbocycles. The summed E-state index contributed by atoms with van der Waals surface area (Å²) in [6, 6.07) is 14.2. The summed E-state index contributed by atoms with van der Waals surface area (Å²) in [6.45, 7) is 3.94. The molecule has 0 aliphatic heterocycles. The minimum atomic E-state index is -0.480. The highest BCUT2D eigenvalue weighted by atomic mass is 16.6. The molecule has 0 spiro atoms. The van der Waals surface area contributed by atoms with E-state index in [-0.39, 0.29) is 17.3 Å². The molecule has 2 aromatic rings. The van der Waals surface area contributed by atoms with Crippen LogP contribution in [0.3, 0.4) is 0 Å². The maximum Gasteiger partial charge on any atom is 0.293 e. The summed E-state index contributed by atoms with van der Waals surface area (Å²) >= 11 is 0. The van der Waals surface area contributed by atoms with Crippen LogP contribution in [0, 0.1) is 28.4 Å². The first-order chi connectivity index (χ1) is 10.0. The Morgan fingerprint density at radius 1 is 1.29 bits per heavy atom. The van der Waals surface area contributed by atoms with Gasteiger partial charge in [-0.15, -0.1) is 0 Å². The summed E-state index contributed by atoms with van der Waals surface area (Å²) in [6.07, 6.45) is 0. The van der Waals surface area contributed by atoms with Gasteiger partial charge in [0.25, 0.3) is 5.69 Å². The molecule has 0 saturated heterocycles. The number of rotatable bonds is 4. The van der Waals surface area contributed by atoms with Crippen LogP contribution in [0.5, 0.6) is 0 Å². The SMILES string of the molecule is Cc1cccc(C(C)Nc2ccc(C#N)cc2[N+](=O)[O-])c1. The van der Waals surface area contributed by atoms with E-state index in [4.69, 9.17) is 5.26 Å². The van der Waals surface area contributed by atoms with E-state index in [1.165, 1.54) is 6.07 Å². The van der Waals surface area contributed by atoms with Gasteiger partial charge in [0.2, 0.25) is 0 Å². The highest BCUT2D eigenvalue weighted by Crippen LogP contribution is 2.29. The number of nitro benzene ring substituents is 1. The van der Waals surface area contributed by atoms with Crippen LogP contribution in [0.1, 0.15) is 29.7 Å². The van der Waals surface area contributed by atoms with Crippen LogP contribution in [0.2, 0.25) is 0 Å². The molecule has 0 heterocycles. The second-order valence-corrected chi connectivity index (χ2v) is 4.88. The Morgan fingerprint density at radius 3 is 2.67 bits per heavy atom. The van der Waals surface area contributed by atoms with Gasteiger partial charge in [-0.05, 0) is 31.5 Å². The van der Waals surface area contributed by atoms with Crippen LogP contribution in [0.25, 0.3) is 0 Å². The standard InChI is InChI=1S/C16H15N3O2/c1-11-4-3-5-14(8-11)12(2)18-15-7-6-13(10-17)9-16(15)19(20)21/h3-9,12,18H,1-2H3. The van der Waals surface area contributed by atoms with Crippen molar-refractivity contribution in [2.75, 3.05) is 5.32 Å². The quantitative estimate of drug-likeness (QED) is 0.679. The van der Waals surface area contributed by atoms with Crippen LogP contribution in [-0.2, 0) is 0 Å². The first-order valence-corrected chi connectivity index (χ1v) is 6.53. The molecule has 0 radical (unpaired) electrons. The third kappa shape index (κ3) is 3.37. The molecule has 0 bridgehead atoms. The Bertz CT molecular complexity index is 720. The number of hydrogen-bond acceptors (Lipinski definition) is 4. The van der Waals surface area contributed by atoms with Crippen LogP contribution >= 0.6 is 0 Å². The predicted octanol–water partition coefficient (Wildman–Crippen LogP) is 3.95. The number of nitro groups is 1. The van der Waals surface area contributed by atoms with Gasteiger partial charge in [-0.25, -0.2) is 0 Å². The molecule has 0 aromatic heterocycles. The topological polar surface area (TPSA) is 79.0 Å². The summed E-state index contributed by atoms with van der Waals surface area (Å²) in [7, 11) is 0. The summed E-state index contributed by atoms with van der Waals surface area (Å²) in [4.78, 5) is 10.6. The Morgan fingerprint density at radius 2 is 2.05 bits per heavy atom. The number of hydrogen-bond donors (Lipinski definition) is 1. The second-order valence-electron chi connectivity index (χ2n) is 4.88. The molecule has 1 N–H and O–H groups in total. The van der Waals surface area contributed by atoms with Crippen molar-refractivity contribution in [3.05, 3.63) is 69.3 Å². The van der Waals surface area contributed by atoms with Crippen molar-refractivity contribution in [1.82, 2.24) is 0 Å². The maximum atomic E-state index is 11.1. The zero-order chi connectivity index (χ0) is 15.4. The highest BCUT2D eigenvalue weighted by molar-refractivity contribution is 5.64. The van der Waals surface area contributed by atoms with Gasteiger partial charge in [0, 0.05) is 12.1 Å². The van der Waals surface area contributed by atoms with Crippen molar-refractivity contribution in [2.24, 2.45) is 0 Å². The third-order valence-electron chi connectivity index (χ3n) is 3.24. The van der Waals surface area contributed by atoms with Gasteiger partial charge in [-0.3, -0.25) is 10.1 Å². The van der Waals surface area contributed by atoms with E-state index in [0.29, 0.717) is 5.69 Å². The van der Waals surface area contributed by atoms with Crippen molar-refractivity contribution in [3.8, 4) is 6.07 Å². The van der Waals surface area contributed by atoms with Crippen LogP contribution in [-0.4, -0.2) is 4.92 Å². The lowest BCUT2D eigenvalue weighted by Crippen LogP contribution is -2.08. The molecule has 0 amide bonds. The van der Waals surface area contributed by atoms with E-state index in [2.05, 4.69) is 5.32 Å². The fraction of sp³-hybridized carbons (Fsp3) is 0.188. The average molecular weight is 281 g/mol. The van der Waals surface area contributed by atoms with Crippen LogP contribution in [0.4, 0.5) is 11.4 Å². The lowest BCUT2D eigenvalue weighted by molar-refractivity contribution is -0.384. The van der Waals surface area contributed by atoms with Gasteiger partial charge < -0.3 is 5.32 Å². The number of nitrogens with one attached hydrogen (secondary N) is 1. The van der Waals surface area contributed by atoms with E-state index in [1.54, 1.807) is 12.1 Å². The minimum Gasteiger partial charge on any atom is -0.373 e. The number of nitrogens with zero attached hydrogens (tertiary/aromatic N) is 2. The first-order valence-electron chi connectivity index (χ1n) is 6.53. The minimum absolute atomic E-state index is 0.0727. The molecule has 0 fully saturated rings. The zero-order valence-electron chi connectivity index (χ0n) is 11.8. The third-order valence-corrected chi connectivity index (χ3v) is 3.24. The largest absolute Gasteiger partial charge is 0.373 e. The van der Waals surface area contributed by atoms with E-state index in [1.807, 2.05) is 44.2 Å². The van der Waals surface area contributed by atoms with Gasteiger partial charge in [0.1, 0.15) is 5.69 Å². The van der Waals surface area contributed by atoms with Gasteiger partial charge in [-0.1, -0.05) is 29.8 Å². The van der Waals surface area contributed by atoms with Crippen molar-refractivity contribution >= 4 is 11.4 Å². The van der Waals surface area contributed by atoms with E-state index < -0.39 is 4.92 Å². The molecule has 1 atom stereocenters. The Hall–Kier alpha value is -2.87. The normalized spacial score (nSPS) is 11.5. The van der Waals surface area contributed by atoms with Crippen LogP contribution < -0.4 is 5.32 Å². The second kappa shape index (κ2) is 6.06. The lowest BCUT2D eigenvalue weighted by atomic mass is 10.1. The van der Waals surface area contributed by atoms with E-state index in [9.17, 15) is 10.1 Å². The Balaban J connectivity index is 2.31. The van der Waals surface area contributed by atoms with Gasteiger partial charge in [-0.2, -0.15) is 5.26 Å². The molecule has 106 valence electrons. The molecular formula is C16H15N3O2. The number of benzene rings is 2.